The van der Waals surface area contributed by atoms with Crippen molar-refractivity contribution in [1.82, 2.24) is 4.98 Å². The number of nitrogens with zero attached hydrogens (tertiary/aromatic N) is 1. The Morgan fingerprint density at radius 3 is 2.50 bits per heavy atom. The van der Waals surface area contributed by atoms with Gasteiger partial charge in [0, 0.05) is 8.95 Å². The summed E-state index contributed by atoms with van der Waals surface area (Å²) in [6, 6.07) is 5.58. The number of hydrogen-bond donors (Lipinski definition) is 0. The average Bonchev–Trinajstić information content (AvgIpc) is 2.54. The second-order valence-corrected chi connectivity index (χ2v) is 4.32. The van der Waals surface area contributed by atoms with Crippen LogP contribution in [0.3, 0.4) is 0 Å². The normalized spacial score (nSPS) is 10.1. The molecule has 2 aromatic rings. The van der Waals surface area contributed by atoms with Crippen LogP contribution in [0.1, 0.15) is 0 Å². The van der Waals surface area contributed by atoms with Gasteiger partial charge in [0.05, 0.1) is 0 Å². The van der Waals surface area contributed by atoms with E-state index < -0.39 is 0 Å². The van der Waals surface area contributed by atoms with Crippen LogP contribution in [-0.4, -0.2) is 4.98 Å². The van der Waals surface area contributed by atoms with E-state index in [1.54, 1.807) is 0 Å². The van der Waals surface area contributed by atoms with E-state index in [0.717, 1.165) is 8.95 Å². The fourth-order valence-corrected chi connectivity index (χ4v) is 2.18. The minimum atomic E-state index is 0.384. The van der Waals surface area contributed by atoms with Gasteiger partial charge in [-0.2, -0.15) is 4.98 Å². The fourth-order valence-electron chi connectivity index (χ4n) is 0.930. The van der Waals surface area contributed by atoms with E-state index in [4.69, 9.17) is 4.74 Å². The first-order chi connectivity index (χ1) is 6.74. The van der Waals surface area contributed by atoms with Crippen molar-refractivity contribution in [3.8, 4) is 11.6 Å². The zero-order valence-electron chi connectivity index (χ0n) is 6.83. The van der Waals surface area contributed by atoms with Crippen molar-refractivity contribution >= 4 is 31.9 Å². The van der Waals surface area contributed by atoms with Gasteiger partial charge in [0.15, 0.2) is 6.26 Å². The minimum Gasteiger partial charge on any atom is -0.437 e. The molecular formula is C9H4Br2NO2. The number of ether oxygens (including phenoxy) is 1. The van der Waals surface area contributed by atoms with Crippen LogP contribution in [0.15, 0.2) is 37.8 Å². The number of benzene rings is 1. The highest BCUT2D eigenvalue weighted by molar-refractivity contribution is 9.11. The lowest BCUT2D eigenvalue weighted by atomic mass is 10.3. The second-order valence-electron chi connectivity index (χ2n) is 2.48. The maximum Gasteiger partial charge on any atom is 0.287 e. The molecule has 5 heteroatoms. The number of oxazole rings is 1. The Balaban J connectivity index is 2.25. The van der Waals surface area contributed by atoms with E-state index in [9.17, 15) is 0 Å². The topological polar surface area (TPSA) is 35.3 Å². The third-order valence-corrected chi connectivity index (χ3v) is 2.34. The maximum absolute atomic E-state index is 5.38. The number of hydrogen-bond acceptors (Lipinski definition) is 3. The summed E-state index contributed by atoms with van der Waals surface area (Å²) in [5.74, 6) is 1.06. The van der Waals surface area contributed by atoms with Crippen molar-refractivity contribution < 1.29 is 9.15 Å². The molecule has 0 spiro atoms. The summed E-state index contributed by atoms with van der Waals surface area (Å²) in [6.07, 6.45) is 3.69. The Labute approximate surface area is 97.4 Å². The van der Waals surface area contributed by atoms with Crippen LogP contribution < -0.4 is 4.74 Å². The first-order valence-corrected chi connectivity index (χ1v) is 5.28. The predicted octanol–water partition coefficient (Wildman–Crippen LogP) is 3.79. The smallest absolute Gasteiger partial charge is 0.287 e. The van der Waals surface area contributed by atoms with Gasteiger partial charge in [-0.3, -0.25) is 0 Å². The van der Waals surface area contributed by atoms with E-state index in [1.165, 1.54) is 6.26 Å². The molecule has 2 rings (SSSR count). The summed E-state index contributed by atoms with van der Waals surface area (Å²) in [7, 11) is 0. The van der Waals surface area contributed by atoms with Gasteiger partial charge in [0.25, 0.3) is 12.3 Å². The Bertz CT molecular complexity index is 408. The molecule has 0 N–H and O–H groups in total. The minimum absolute atomic E-state index is 0.384. The van der Waals surface area contributed by atoms with E-state index in [1.807, 2.05) is 18.2 Å². The first-order valence-electron chi connectivity index (χ1n) is 3.69. The summed E-state index contributed by atoms with van der Waals surface area (Å²) in [5.41, 5.74) is 0. The molecule has 0 aliphatic carbocycles. The highest BCUT2D eigenvalue weighted by atomic mass is 79.9. The van der Waals surface area contributed by atoms with Crippen LogP contribution in [0.2, 0.25) is 0 Å². The molecule has 0 aliphatic heterocycles. The van der Waals surface area contributed by atoms with Crippen LogP contribution in [0.4, 0.5) is 0 Å². The van der Waals surface area contributed by atoms with E-state index >= 15 is 0 Å². The molecule has 71 valence electrons. The Hall–Kier alpha value is -0.810. The van der Waals surface area contributed by atoms with Crippen molar-refractivity contribution in [3.05, 3.63) is 39.8 Å². The standard InChI is InChI=1S/C9H4Br2NO2/c10-6-1-7(11)3-8(2-6)14-9-4-13-5-12-9/h1-4H. The van der Waals surface area contributed by atoms with Crippen LogP contribution in [0.5, 0.6) is 11.6 Å². The van der Waals surface area contributed by atoms with Crippen LogP contribution >= 0.6 is 31.9 Å². The molecule has 0 saturated carbocycles. The summed E-state index contributed by atoms with van der Waals surface area (Å²) in [6.45, 7) is 0. The molecular weight excluding hydrogens is 314 g/mol. The SMILES string of the molecule is Brc1cc(Br)cc(Oc2co[c]n2)c1. The molecule has 0 bridgehead atoms. The maximum atomic E-state index is 5.38. The number of aromatic nitrogens is 1. The number of halogens is 2. The molecule has 0 amide bonds. The van der Waals surface area contributed by atoms with Gasteiger partial charge < -0.3 is 9.15 Å². The third-order valence-electron chi connectivity index (χ3n) is 1.43. The summed E-state index contributed by atoms with van der Waals surface area (Å²) in [4.78, 5) is 3.73. The lowest BCUT2D eigenvalue weighted by molar-refractivity contribution is 0.456. The molecule has 14 heavy (non-hydrogen) atoms. The number of rotatable bonds is 2. The van der Waals surface area contributed by atoms with E-state index in [-0.39, 0.29) is 0 Å². The van der Waals surface area contributed by atoms with Gasteiger partial charge in [0.2, 0.25) is 0 Å². The molecule has 3 nitrogen and oxygen atoms in total. The molecule has 1 aromatic heterocycles. The molecule has 1 aromatic carbocycles. The van der Waals surface area contributed by atoms with Gasteiger partial charge in [-0.1, -0.05) is 31.9 Å². The quantitative estimate of drug-likeness (QED) is 0.845. The van der Waals surface area contributed by atoms with Crippen molar-refractivity contribution in [1.29, 1.82) is 0 Å². The third kappa shape index (κ3) is 2.36. The lowest BCUT2D eigenvalue weighted by Gasteiger charge is -2.02. The molecule has 1 radical (unpaired) electrons. The Morgan fingerprint density at radius 2 is 1.93 bits per heavy atom. The highest BCUT2D eigenvalue weighted by Gasteiger charge is 2.02. The zero-order valence-corrected chi connectivity index (χ0v) is 10.0. The molecule has 0 saturated heterocycles. The molecule has 0 fully saturated rings. The van der Waals surface area contributed by atoms with Crippen LogP contribution in [0, 0.1) is 6.39 Å². The van der Waals surface area contributed by atoms with Crippen molar-refractivity contribution in [2.24, 2.45) is 0 Å². The van der Waals surface area contributed by atoms with Crippen molar-refractivity contribution in [2.45, 2.75) is 0 Å². The van der Waals surface area contributed by atoms with Crippen LogP contribution in [0.25, 0.3) is 0 Å². The second kappa shape index (κ2) is 4.14. The summed E-state index contributed by atoms with van der Waals surface area (Å²) < 4.78 is 11.9. The molecule has 0 unspecified atom stereocenters. The van der Waals surface area contributed by atoms with Gasteiger partial charge in [-0.25, -0.2) is 0 Å². The highest BCUT2D eigenvalue weighted by Crippen LogP contribution is 2.27. The van der Waals surface area contributed by atoms with Crippen molar-refractivity contribution in [2.75, 3.05) is 0 Å². The zero-order chi connectivity index (χ0) is 9.97. The molecule has 1 heterocycles. The molecule has 0 atom stereocenters. The van der Waals surface area contributed by atoms with E-state index in [0.29, 0.717) is 11.6 Å². The summed E-state index contributed by atoms with van der Waals surface area (Å²) in [5, 5.41) is 0. The van der Waals surface area contributed by atoms with Gasteiger partial charge in [-0.15, -0.1) is 0 Å². The lowest BCUT2D eigenvalue weighted by Crippen LogP contribution is -1.83. The predicted molar refractivity (Wildman–Crippen MR) is 57.3 cm³/mol. The van der Waals surface area contributed by atoms with Gasteiger partial charge in [-0.05, 0) is 18.2 Å². The first kappa shape index (κ1) is 9.73. The molecule has 0 aliphatic rings. The Morgan fingerprint density at radius 1 is 1.21 bits per heavy atom. The van der Waals surface area contributed by atoms with E-state index in [2.05, 4.69) is 47.7 Å². The monoisotopic (exact) mass is 316 g/mol. The van der Waals surface area contributed by atoms with Gasteiger partial charge >= 0.3 is 0 Å². The largest absolute Gasteiger partial charge is 0.437 e. The fraction of sp³-hybridized carbons (Fsp3) is 0. The summed E-state index contributed by atoms with van der Waals surface area (Å²) >= 11 is 6.71. The van der Waals surface area contributed by atoms with Crippen molar-refractivity contribution in [3.63, 3.8) is 0 Å². The van der Waals surface area contributed by atoms with Crippen LogP contribution in [-0.2, 0) is 0 Å². The van der Waals surface area contributed by atoms with Gasteiger partial charge in [0.1, 0.15) is 5.75 Å². The average molecular weight is 318 g/mol. The Kier molecular flexibility index (Phi) is 2.88.